The molecule has 5 nitrogen and oxygen atoms in total. The highest BCUT2D eigenvalue weighted by Crippen LogP contribution is 2.54. The third-order valence-corrected chi connectivity index (χ3v) is 6.77. The van der Waals surface area contributed by atoms with Gasteiger partial charge >= 0.3 is 0 Å². The zero-order valence-electron chi connectivity index (χ0n) is 14.8. The highest BCUT2D eigenvalue weighted by atomic mass is 16.5. The fourth-order valence-electron chi connectivity index (χ4n) is 5.22. The van der Waals surface area contributed by atoms with Crippen LogP contribution in [0.2, 0.25) is 0 Å². The largest absolute Gasteiger partial charge is 0.378 e. The van der Waals surface area contributed by atoms with Gasteiger partial charge in [0.1, 0.15) is 6.04 Å². The molecule has 0 bridgehead atoms. The number of ether oxygens (including phenoxy) is 1. The second kappa shape index (κ2) is 6.32. The number of nitrogens with zero attached hydrogens (tertiary/aromatic N) is 1. The van der Waals surface area contributed by atoms with E-state index in [9.17, 15) is 9.59 Å². The van der Waals surface area contributed by atoms with Crippen molar-refractivity contribution >= 4 is 11.8 Å². The average Bonchev–Trinajstić information content (AvgIpc) is 3.10. The van der Waals surface area contributed by atoms with Crippen molar-refractivity contribution in [1.82, 2.24) is 10.2 Å². The van der Waals surface area contributed by atoms with Crippen LogP contribution in [-0.2, 0) is 14.3 Å². The summed E-state index contributed by atoms with van der Waals surface area (Å²) in [6, 6.07) is 0.00484. The van der Waals surface area contributed by atoms with Crippen molar-refractivity contribution in [3.63, 3.8) is 0 Å². The predicted octanol–water partition coefficient (Wildman–Crippen LogP) is 2.24. The van der Waals surface area contributed by atoms with E-state index >= 15 is 0 Å². The Kier molecular flexibility index (Phi) is 4.31. The number of nitrogens with one attached hydrogen (secondary N) is 1. The van der Waals surface area contributed by atoms with Gasteiger partial charge in [-0.05, 0) is 51.9 Å². The summed E-state index contributed by atoms with van der Waals surface area (Å²) in [7, 11) is 0. The molecule has 2 amide bonds. The van der Waals surface area contributed by atoms with E-state index in [0.717, 1.165) is 58.1 Å². The van der Waals surface area contributed by atoms with Gasteiger partial charge in [0.15, 0.2) is 0 Å². The molecular weight excluding hydrogens is 304 g/mol. The summed E-state index contributed by atoms with van der Waals surface area (Å²) in [5.41, 5.74) is 0.162. The molecule has 0 radical (unpaired) electrons. The average molecular weight is 334 g/mol. The van der Waals surface area contributed by atoms with Gasteiger partial charge in [-0.1, -0.05) is 12.8 Å². The molecule has 1 N–H and O–H groups in total. The molecule has 0 aromatic rings. The summed E-state index contributed by atoms with van der Waals surface area (Å²) < 4.78 is 5.94. The van der Waals surface area contributed by atoms with Gasteiger partial charge in [-0.2, -0.15) is 0 Å². The normalized spacial score (nSPS) is 34.4. The Morgan fingerprint density at radius 3 is 2.58 bits per heavy atom. The second-order valence-electron chi connectivity index (χ2n) is 8.15. The topological polar surface area (TPSA) is 58.6 Å². The molecule has 3 saturated carbocycles. The van der Waals surface area contributed by atoms with Gasteiger partial charge in [-0.15, -0.1) is 0 Å². The monoisotopic (exact) mass is 334 g/mol. The van der Waals surface area contributed by atoms with Crippen molar-refractivity contribution in [3.8, 4) is 0 Å². The lowest BCUT2D eigenvalue weighted by Crippen LogP contribution is -2.65. The maximum absolute atomic E-state index is 12.9. The molecule has 5 heteroatoms. The molecule has 0 unspecified atom stereocenters. The number of hydrogen-bond donors (Lipinski definition) is 1. The van der Waals surface area contributed by atoms with Crippen molar-refractivity contribution in [2.24, 2.45) is 11.3 Å². The number of rotatable bonds is 5. The lowest BCUT2D eigenvalue weighted by Gasteiger charge is -2.54. The Balaban J connectivity index is 1.39. The summed E-state index contributed by atoms with van der Waals surface area (Å²) in [5, 5.41) is 3.31. The maximum Gasteiger partial charge on any atom is 0.243 e. The van der Waals surface area contributed by atoms with E-state index < -0.39 is 0 Å². The van der Waals surface area contributed by atoms with Crippen LogP contribution >= 0.6 is 0 Å². The molecule has 0 aromatic carbocycles. The van der Waals surface area contributed by atoms with E-state index in [1.165, 1.54) is 12.8 Å². The maximum atomic E-state index is 12.9. The Bertz CT molecular complexity index is 511. The van der Waals surface area contributed by atoms with E-state index in [1.807, 2.05) is 4.90 Å². The molecule has 0 aromatic heterocycles. The molecular formula is C19H30N2O3. The standard InChI is InChI=1S/C19H30N2O3/c1-2-24-16-12-15(19(16)9-3-4-10-19)20-17(22)14-6-5-11-21(14)18(23)13-7-8-13/h13-16H,2-12H2,1H3,(H,20,22)/t14-,15-,16+/m0/s1. The molecule has 1 aliphatic heterocycles. The van der Waals surface area contributed by atoms with Crippen LogP contribution in [0.25, 0.3) is 0 Å². The van der Waals surface area contributed by atoms with Crippen LogP contribution in [0.15, 0.2) is 0 Å². The molecule has 134 valence electrons. The van der Waals surface area contributed by atoms with E-state index in [2.05, 4.69) is 12.2 Å². The lowest BCUT2D eigenvalue weighted by molar-refractivity contribution is -0.150. The van der Waals surface area contributed by atoms with Gasteiger partial charge < -0.3 is 15.0 Å². The highest BCUT2D eigenvalue weighted by molar-refractivity contribution is 5.90. The fourth-order valence-corrected chi connectivity index (χ4v) is 5.22. The third kappa shape index (κ3) is 2.65. The zero-order valence-corrected chi connectivity index (χ0v) is 14.8. The quantitative estimate of drug-likeness (QED) is 0.839. The van der Waals surface area contributed by atoms with Gasteiger partial charge in [0.25, 0.3) is 0 Å². The van der Waals surface area contributed by atoms with E-state index in [1.54, 1.807) is 0 Å². The van der Waals surface area contributed by atoms with E-state index in [4.69, 9.17) is 4.74 Å². The Hall–Kier alpha value is -1.10. The van der Waals surface area contributed by atoms with Crippen LogP contribution in [0, 0.1) is 11.3 Å². The minimum absolute atomic E-state index is 0.0766. The molecule has 3 atom stereocenters. The molecule has 1 spiro atoms. The van der Waals surface area contributed by atoms with Gasteiger partial charge in [-0.3, -0.25) is 9.59 Å². The van der Waals surface area contributed by atoms with Crippen LogP contribution in [0.1, 0.15) is 64.7 Å². The summed E-state index contributed by atoms with van der Waals surface area (Å²) in [6.45, 7) is 3.55. The number of carbonyl (C=O) groups is 2. The van der Waals surface area contributed by atoms with E-state index in [0.29, 0.717) is 6.10 Å². The Morgan fingerprint density at radius 1 is 1.17 bits per heavy atom. The number of hydrogen-bond acceptors (Lipinski definition) is 3. The molecule has 4 aliphatic rings. The first-order chi connectivity index (χ1) is 11.7. The first kappa shape index (κ1) is 16.4. The van der Waals surface area contributed by atoms with Crippen molar-refractivity contribution in [1.29, 1.82) is 0 Å². The molecule has 3 aliphatic carbocycles. The lowest BCUT2D eigenvalue weighted by atomic mass is 9.60. The molecule has 1 saturated heterocycles. The number of amides is 2. The summed E-state index contributed by atoms with van der Waals surface area (Å²) in [5.74, 6) is 0.488. The van der Waals surface area contributed by atoms with Crippen LogP contribution in [0.4, 0.5) is 0 Å². The van der Waals surface area contributed by atoms with Gasteiger partial charge in [-0.25, -0.2) is 0 Å². The van der Waals surface area contributed by atoms with Crippen molar-refractivity contribution in [3.05, 3.63) is 0 Å². The van der Waals surface area contributed by atoms with Gasteiger partial charge in [0.05, 0.1) is 6.10 Å². The molecule has 1 heterocycles. The van der Waals surface area contributed by atoms with Crippen LogP contribution in [0.3, 0.4) is 0 Å². The minimum atomic E-state index is -0.234. The van der Waals surface area contributed by atoms with Crippen LogP contribution < -0.4 is 5.32 Å². The second-order valence-corrected chi connectivity index (χ2v) is 8.15. The Morgan fingerprint density at radius 2 is 1.92 bits per heavy atom. The van der Waals surface area contributed by atoms with E-state index in [-0.39, 0.29) is 35.2 Å². The Labute approximate surface area is 144 Å². The summed E-state index contributed by atoms with van der Waals surface area (Å²) >= 11 is 0. The summed E-state index contributed by atoms with van der Waals surface area (Å²) in [6.07, 6.45) is 9.84. The SMILES string of the molecule is CCO[C@@H]1C[C@H](NC(=O)[C@@H]2CCCN2C(=O)C2CC2)C12CCCC2. The van der Waals surface area contributed by atoms with Gasteiger partial charge in [0.2, 0.25) is 11.8 Å². The highest BCUT2D eigenvalue weighted by Gasteiger charge is 2.57. The van der Waals surface area contributed by atoms with Crippen molar-refractivity contribution < 1.29 is 14.3 Å². The smallest absolute Gasteiger partial charge is 0.243 e. The predicted molar refractivity (Wildman–Crippen MR) is 90.3 cm³/mol. The first-order valence-electron chi connectivity index (χ1n) is 9.88. The number of carbonyl (C=O) groups excluding carboxylic acids is 2. The first-order valence-corrected chi connectivity index (χ1v) is 9.88. The fraction of sp³-hybridized carbons (Fsp3) is 0.895. The molecule has 24 heavy (non-hydrogen) atoms. The van der Waals surface area contributed by atoms with Crippen molar-refractivity contribution in [2.45, 2.75) is 82.9 Å². The number of likely N-dealkylation sites (tertiary alicyclic amines) is 1. The van der Waals surface area contributed by atoms with Crippen LogP contribution in [-0.4, -0.2) is 48.1 Å². The third-order valence-electron chi connectivity index (χ3n) is 6.77. The van der Waals surface area contributed by atoms with Gasteiger partial charge in [0, 0.05) is 30.5 Å². The van der Waals surface area contributed by atoms with Crippen LogP contribution in [0.5, 0.6) is 0 Å². The summed E-state index contributed by atoms with van der Waals surface area (Å²) in [4.78, 5) is 27.1. The zero-order chi connectivity index (χ0) is 16.7. The molecule has 4 rings (SSSR count). The minimum Gasteiger partial charge on any atom is -0.378 e. The van der Waals surface area contributed by atoms with Crippen molar-refractivity contribution in [2.75, 3.05) is 13.2 Å². The molecule has 4 fully saturated rings.